The summed E-state index contributed by atoms with van der Waals surface area (Å²) in [7, 11) is 1.60. The minimum atomic E-state index is -0.282. The fourth-order valence-corrected chi connectivity index (χ4v) is 4.88. The molecule has 3 heterocycles. The monoisotopic (exact) mass is 432 g/mol. The molecule has 1 N–H and O–H groups in total. The summed E-state index contributed by atoms with van der Waals surface area (Å²) >= 11 is 7.14. The van der Waals surface area contributed by atoms with Crippen LogP contribution in [0.15, 0.2) is 30.7 Å². The molecule has 0 radical (unpaired) electrons. The van der Waals surface area contributed by atoms with Gasteiger partial charge in [0.25, 0.3) is 0 Å². The first-order valence-electron chi connectivity index (χ1n) is 9.21. The molecule has 0 saturated carbocycles. The fraction of sp³-hybridized carbons (Fsp3) is 0.350. The number of hydrogen-bond donors (Lipinski definition) is 1. The Morgan fingerprint density at radius 3 is 2.86 bits per heavy atom. The maximum atomic E-state index is 13.0. The number of likely N-dealkylation sites (tertiary alicyclic amines) is 1. The number of ether oxygens (including phenoxy) is 1. The Bertz CT molecular complexity index is 992. The van der Waals surface area contributed by atoms with Gasteiger partial charge >= 0.3 is 6.03 Å². The third-order valence-corrected chi connectivity index (χ3v) is 6.51. The molecule has 29 heavy (non-hydrogen) atoms. The van der Waals surface area contributed by atoms with Gasteiger partial charge in [0.05, 0.1) is 19.6 Å². The number of aromatic nitrogens is 1. The van der Waals surface area contributed by atoms with Crippen molar-refractivity contribution in [1.29, 1.82) is 0 Å². The van der Waals surface area contributed by atoms with Crippen molar-refractivity contribution in [3.05, 3.63) is 46.1 Å². The number of amides is 3. The van der Waals surface area contributed by atoms with Gasteiger partial charge in [-0.25, -0.2) is 9.78 Å². The zero-order chi connectivity index (χ0) is 20.6. The minimum Gasteiger partial charge on any atom is -0.504 e. The van der Waals surface area contributed by atoms with Gasteiger partial charge in [-0.05, 0) is 35.8 Å². The highest BCUT2D eigenvalue weighted by atomic mass is 35.5. The topological polar surface area (TPSA) is 74.8 Å². The number of nitrogens with zero attached hydrogens (tertiary/aromatic N) is 3. The Balaban J connectivity index is 1.68. The number of thiazole rings is 1. The summed E-state index contributed by atoms with van der Waals surface area (Å²) in [5.74, 6) is 0.0548. The van der Waals surface area contributed by atoms with E-state index in [0.717, 1.165) is 23.2 Å². The second-order valence-electron chi connectivity index (χ2n) is 7.27. The molecule has 2 aliphatic rings. The lowest BCUT2D eigenvalue weighted by Gasteiger charge is -2.25. The second-order valence-corrected chi connectivity index (χ2v) is 8.93. The Morgan fingerprint density at radius 2 is 2.21 bits per heavy atom. The molecule has 2 aliphatic heterocycles. The smallest absolute Gasteiger partial charge is 0.328 e. The number of hydrogen-bond acceptors (Lipinski definition) is 5. The zero-order valence-electron chi connectivity index (χ0n) is 16.1. The molecule has 1 aromatic carbocycles. The number of methoxy groups -OCH3 is 1. The van der Waals surface area contributed by atoms with Crippen LogP contribution in [0.3, 0.4) is 0 Å². The molecule has 0 aliphatic carbocycles. The third kappa shape index (κ3) is 3.70. The van der Waals surface area contributed by atoms with Gasteiger partial charge in [0, 0.05) is 37.7 Å². The van der Waals surface area contributed by atoms with Crippen LogP contribution in [0.2, 0.25) is 4.34 Å². The van der Waals surface area contributed by atoms with E-state index in [0.29, 0.717) is 29.1 Å². The molecule has 1 spiro atoms. The maximum absolute atomic E-state index is 13.0. The van der Waals surface area contributed by atoms with Crippen LogP contribution in [-0.2, 0) is 14.9 Å². The largest absolute Gasteiger partial charge is 0.504 e. The Hall–Kier alpha value is -2.58. The van der Waals surface area contributed by atoms with Crippen LogP contribution in [0.5, 0.6) is 0 Å². The number of fused-ring (bicyclic) bond motifs is 2. The summed E-state index contributed by atoms with van der Waals surface area (Å²) in [6.45, 7) is 3.38. The molecule has 1 aromatic heterocycles. The van der Waals surface area contributed by atoms with Gasteiger partial charge in [0.1, 0.15) is 4.34 Å². The van der Waals surface area contributed by atoms with Crippen molar-refractivity contribution < 1.29 is 14.3 Å². The Kier molecular flexibility index (Phi) is 5.23. The number of halogens is 1. The van der Waals surface area contributed by atoms with Crippen molar-refractivity contribution in [3.8, 4) is 0 Å². The molecule has 1 atom stereocenters. The lowest BCUT2D eigenvalue weighted by Crippen LogP contribution is -2.41. The Labute approximate surface area is 177 Å². The first kappa shape index (κ1) is 19.7. The average molecular weight is 433 g/mol. The van der Waals surface area contributed by atoms with E-state index in [-0.39, 0.29) is 17.4 Å². The molecule has 4 rings (SSSR count). The van der Waals surface area contributed by atoms with Crippen LogP contribution in [0.25, 0.3) is 6.08 Å². The van der Waals surface area contributed by atoms with E-state index in [9.17, 15) is 9.59 Å². The number of urea groups is 1. The molecular formula is C20H21ClN4O3S. The second kappa shape index (κ2) is 7.68. The van der Waals surface area contributed by atoms with Gasteiger partial charge in [-0.15, -0.1) is 0 Å². The number of rotatable bonds is 3. The molecule has 9 heteroatoms. The van der Waals surface area contributed by atoms with E-state index in [4.69, 9.17) is 16.3 Å². The summed E-state index contributed by atoms with van der Waals surface area (Å²) in [6.07, 6.45) is 5.82. The molecule has 1 unspecified atom stereocenters. The van der Waals surface area contributed by atoms with Crippen LogP contribution in [-0.4, -0.2) is 48.6 Å². The molecule has 7 nitrogen and oxygen atoms in total. The predicted octanol–water partition coefficient (Wildman–Crippen LogP) is 3.96. The molecular weight excluding hydrogens is 412 g/mol. The predicted molar refractivity (Wildman–Crippen MR) is 115 cm³/mol. The number of anilines is 2. The first-order valence-corrected chi connectivity index (χ1v) is 10.4. The standard InChI is InChI=1S/C20H21ClN4O3S/c1-13(26)24-7-6-20(11-24)12-25(19(27)23-18-22-10-17(21)29-18)16-4-3-14(5-8-28-2)9-15(16)20/h3-5,8-10H,6-7,11-12H2,1-2H3,(H,22,23,27)/b8-5+. The molecule has 0 bridgehead atoms. The molecule has 1 fully saturated rings. The highest BCUT2D eigenvalue weighted by Gasteiger charge is 2.49. The van der Waals surface area contributed by atoms with Crippen LogP contribution in [0.4, 0.5) is 15.6 Å². The fourth-order valence-electron chi connectivity index (χ4n) is 4.08. The van der Waals surface area contributed by atoms with Crippen molar-refractivity contribution >= 4 is 51.8 Å². The third-order valence-electron chi connectivity index (χ3n) is 5.48. The molecule has 1 saturated heterocycles. The molecule has 152 valence electrons. The van der Waals surface area contributed by atoms with Crippen molar-refractivity contribution in [2.75, 3.05) is 37.0 Å². The number of nitrogens with one attached hydrogen (secondary N) is 1. The lowest BCUT2D eigenvalue weighted by atomic mass is 9.81. The van der Waals surface area contributed by atoms with E-state index in [1.165, 1.54) is 17.5 Å². The normalized spacial score (nSPS) is 20.5. The van der Waals surface area contributed by atoms with Crippen molar-refractivity contribution in [2.24, 2.45) is 0 Å². The summed E-state index contributed by atoms with van der Waals surface area (Å²) < 4.78 is 5.55. The van der Waals surface area contributed by atoms with Gasteiger partial charge in [-0.3, -0.25) is 15.0 Å². The van der Waals surface area contributed by atoms with Crippen molar-refractivity contribution in [2.45, 2.75) is 18.8 Å². The lowest BCUT2D eigenvalue weighted by molar-refractivity contribution is -0.127. The van der Waals surface area contributed by atoms with Crippen molar-refractivity contribution in [1.82, 2.24) is 9.88 Å². The maximum Gasteiger partial charge on any atom is 0.328 e. The van der Waals surface area contributed by atoms with Gasteiger partial charge in [0.2, 0.25) is 5.91 Å². The average Bonchev–Trinajstić information content (AvgIpc) is 3.39. The van der Waals surface area contributed by atoms with E-state index < -0.39 is 0 Å². The van der Waals surface area contributed by atoms with E-state index in [1.807, 2.05) is 23.1 Å². The Morgan fingerprint density at radius 1 is 1.38 bits per heavy atom. The van der Waals surface area contributed by atoms with E-state index >= 15 is 0 Å². The minimum absolute atomic E-state index is 0.0548. The van der Waals surface area contributed by atoms with Crippen LogP contribution in [0, 0.1) is 0 Å². The summed E-state index contributed by atoms with van der Waals surface area (Å²) in [6, 6.07) is 5.73. The van der Waals surface area contributed by atoms with Gasteiger partial charge in [0.15, 0.2) is 5.13 Å². The first-order chi connectivity index (χ1) is 13.9. The van der Waals surface area contributed by atoms with E-state index in [1.54, 1.807) is 25.2 Å². The number of carbonyl (C=O) groups excluding carboxylic acids is 2. The SMILES string of the molecule is CO/C=C/c1ccc2c(c1)C1(CCN(C(C)=O)C1)CN2C(=O)Nc1ncc(Cl)s1. The highest BCUT2D eigenvalue weighted by Crippen LogP contribution is 2.47. The number of benzene rings is 1. The van der Waals surface area contributed by atoms with Crippen LogP contribution >= 0.6 is 22.9 Å². The quantitative estimate of drug-likeness (QED) is 0.745. The summed E-state index contributed by atoms with van der Waals surface area (Å²) in [5, 5.41) is 3.29. The zero-order valence-corrected chi connectivity index (χ0v) is 17.7. The summed E-state index contributed by atoms with van der Waals surface area (Å²) in [5.41, 5.74) is 2.63. The highest BCUT2D eigenvalue weighted by molar-refractivity contribution is 7.19. The summed E-state index contributed by atoms with van der Waals surface area (Å²) in [4.78, 5) is 32.7. The molecule has 2 aromatic rings. The van der Waals surface area contributed by atoms with Gasteiger partial charge < -0.3 is 9.64 Å². The van der Waals surface area contributed by atoms with Gasteiger partial charge in [-0.2, -0.15) is 0 Å². The number of carbonyl (C=O) groups is 2. The van der Waals surface area contributed by atoms with Gasteiger partial charge in [-0.1, -0.05) is 29.0 Å². The van der Waals surface area contributed by atoms with Crippen LogP contribution < -0.4 is 10.2 Å². The van der Waals surface area contributed by atoms with Crippen LogP contribution in [0.1, 0.15) is 24.5 Å². The van der Waals surface area contributed by atoms with Crippen molar-refractivity contribution in [3.63, 3.8) is 0 Å². The molecule has 3 amide bonds. The van der Waals surface area contributed by atoms with E-state index in [2.05, 4.69) is 16.4 Å².